The fourth-order valence-electron chi connectivity index (χ4n) is 4.26. The van der Waals surface area contributed by atoms with Crippen LogP contribution in [0.5, 0.6) is 0 Å². The summed E-state index contributed by atoms with van der Waals surface area (Å²) < 4.78 is 17.6. The normalized spacial score (nSPS) is 43.3. The zero-order valence-corrected chi connectivity index (χ0v) is 15.3. The van der Waals surface area contributed by atoms with Crippen molar-refractivity contribution in [2.45, 2.75) is 83.9 Å². The van der Waals surface area contributed by atoms with Crippen LogP contribution in [0.15, 0.2) is 0 Å². The van der Waals surface area contributed by atoms with Crippen LogP contribution >= 0.6 is 0 Å². The van der Waals surface area contributed by atoms with E-state index in [2.05, 4.69) is 13.8 Å². The van der Waals surface area contributed by atoms with Gasteiger partial charge < -0.3 is 19.3 Å². The molecule has 0 bridgehead atoms. The van der Waals surface area contributed by atoms with Gasteiger partial charge in [-0.2, -0.15) is 0 Å². The number of methoxy groups -OCH3 is 1. The van der Waals surface area contributed by atoms with E-state index in [-0.39, 0.29) is 29.8 Å². The molecule has 2 rings (SSSR count). The van der Waals surface area contributed by atoms with Crippen molar-refractivity contribution in [2.24, 2.45) is 17.8 Å². The van der Waals surface area contributed by atoms with E-state index in [9.17, 15) is 9.90 Å². The molecule has 0 radical (unpaired) electrons. The molecule has 0 aromatic rings. The van der Waals surface area contributed by atoms with Gasteiger partial charge in [-0.15, -0.1) is 0 Å². The van der Waals surface area contributed by atoms with Gasteiger partial charge in [0.25, 0.3) is 0 Å². The van der Waals surface area contributed by atoms with Crippen molar-refractivity contribution in [3.8, 4) is 0 Å². The Balaban J connectivity index is 2.20. The summed E-state index contributed by atoms with van der Waals surface area (Å²) in [6, 6.07) is 0. The summed E-state index contributed by atoms with van der Waals surface area (Å²) >= 11 is 0. The Hall–Kier alpha value is -0.650. The van der Waals surface area contributed by atoms with E-state index in [4.69, 9.17) is 14.2 Å². The van der Waals surface area contributed by atoms with Gasteiger partial charge in [0, 0.05) is 12.3 Å². The molecule has 1 N–H and O–H groups in total. The number of ether oxygens (including phenoxy) is 3. The van der Waals surface area contributed by atoms with Gasteiger partial charge in [0.2, 0.25) is 0 Å². The quantitative estimate of drug-likeness (QED) is 0.804. The lowest BCUT2D eigenvalue weighted by Crippen LogP contribution is -2.54. The van der Waals surface area contributed by atoms with Crippen molar-refractivity contribution in [3.05, 3.63) is 0 Å². The molecule has 2 aliphatic heterocycles. The van der Waals surface area contributed by atoms with Gasteiger partial charge in [0.05, 0.1) is 30.8 Å². The predicted molar refractivity (Wildman–Crippen MR) is 86.8 cm³/mol. The number of hydrogen-bond donors (Lipinski definition) is 1. The van der Waals surface area contributed by atoms with E-state index >= 15 is 0 Å². The van der Waals surface area contributed by atoms with Crippen LogP contribution in [0.4, 0.5) is 0 Å². The molecule has 7 atom stereocenters. The summed E-state index contributed by atoms with van der Waals surface area (Å²) in [7, 11) is 1.41. The SMILES string of the molecule is CC[C@@H](O)[C@]1(C)CCC2(O[C@H]([C@@H](C)C(=O)OC)[C@@H](C)C[C@@H]2C)O1. The molecule has 5 heteroatoms. The highest BCUT2D eigenvalue weighted by atomic mass is 16.7. The van der Waals surface area contributed by atoms with E-state index in [1.807, 2.05) is 20.8 Å². The molecule has 23 heavy (non-hydrogen) atoms. The smallest absolute Gasteiger partial charge is 0.311 e. The monoisotopic (exact) mass is 328 g/mol. The fraction of sp³-hybridized carbons (Fsp3) is 0.944. The van der Waals surface area contributed by atoms with Crippen LogP contribution in [-0.2, 0) is 19.0 Å². The summed E-state index contributed by atoms with van der Waals surface area (Å²) in [5.41, 5.74) is -0.581. The highest BCUT2D eigenvalue weighted by Crippen LogP contribution is 2.51. The van der Waals surface area contributed by atoms with Crippen LogP contribution in [0.1, 0.15) is 60.3 Å². The summed E-state index contributed by atoms with van der Waals surface area (Å²) in [5, 5.41) is 10.3. The molecule has 2 fully saturated rings. The van der Waals surface area contributed by atoms with Crippen molar-refractivity contribution in [2.75, 3.05) is 7.11 Å². The minimum absolute atomic E-state index is 0.222. The Morgan fingerprint density at radius 1 is 1.39 bits per heavy atom. The van der Waals surface area contributed by atoms with E-state index in [1.165, 1.54) is 7.11 Å². The molecule has 0 aromatic carbocycles. The molecule has 5 nitrogen and oxygen atoms in total. The van der Waals surface area contributed by atoms with Gasteiger partial charge in [-0.1, -0.05) is 20.8 Å². The number of carbonyl (C=O) groups is 1. The average Bonchev–Trinajstić information content (AvgIpc) is 2.88. The zero-order valence-electron chi connectivity index (χ0n) is 15.3. The third-order valence-corrected chi connectivity index (χ3v) is 5.91. The number of rotatable bonds is 4. The van der Waals surface area contributed by atoms with Gasteiger partial charge in [-0.05, 0) is 39.0 Å². The lowest BCUT2D eigenvalue weighted by atomic mass is 9.79. The van der Waals surface area contributed by atoms with Crippen LogP contribution in [0.2, 0.25) is 0 Å². The molecule has 0 aromatic heterocycles. The number of aliphatic hydroxyl groups excluding tert-OH is 1. The largest absolute Gasteiger partial charge is 0.469 e. The molecule has 2 heterocycles. The van der Waals surface area contributed by atoms with Crippen molar-refractivity contribution >= 4 is 5.97 Å². The van der Waals surface area contributed by atoms with Gasteiger partial charge in [0.1, 0.15) is 0 Å². The van der Waals surface area contributed by atoms with Crippen molar-refractivity contribution in [3.63, 3.8) is 0 Å². The number of aliphatic hydroxyl groups is 1. The summed E-state index contributed by atoms with van der Waals surface area (Å²) in [4.78, 5) is 11.9. The van der Waals surface area contributed by atoms with Gasteiger partial charge in [0.15, 0.2) is 5.79 Å². The van der Waals surface area contributed by atoms with E-state index in [0.29, 0.717) is 6.42 Å². The first kappa shape index (κ1) is 18.7. The molecule has 2 aliphatic rings. The second kappa shape index (κ2) is 6.69. The van der Waals surface area contributed by atoms with E-state index in [0.717, 1.165) is 19.3 Å². The van der Waals surface area contributed by atoms with E-state index < -0.39 is 17.5 Å². The lowest BCUT2D eigenvalue weighted by molar-refractivity contribution is -0.333. The number of carbonyl (C=O) groups excluding carboxylic acids is 1. The van der Waals surface area contributed by atoms with Crippen LogP contribution in [0, 0.1) is 17.8 Å². The Bertz CT molecular complexity index is 439. The first-order valence-electron chi connectivity index (χ1n) is 8.83. The first-order valence-corrected chi connectivity index (χ1v) is 8.83. The standard InChI is InChI=1S/C18H32O5/c1-7-14(19)17(5)8-9-18(23-17)12(3)10-11(2)15(22-18)13(4)16(20)21-6/h11-15,19H,7-10H2,1-6H3/t11-,12-,13+,14+,15-,17-,18?/m0/s1. The highest BCUT2D eigenvalue weighted by molar-refractivity contribution is 5.72. The molecule has 134 valence electrons. The second-order valence-electron chi connectivity index (χ2n) is 7.66. The molecular weight excluding hydrogens is 296 g/mol. The van der Waals surface area contributed by atoms with Crippen molar-refractivity contribution in [1.29, 1.82) is 0 Å². The predicted octanol–water partition coefficient (Wildman–Crippen LogP) is 2.89. The zero-order chi connectivity index (χ0) is 17.4. The van der Waals surface area contributed by atoms with Gasteiger partial charge in [-0.25, -0.2) is 0 Å². The summed E-state index contributed by atoms with van der Waals surface area (Å²) in [5.74, 6) is -0.794. The molecule has 1 spiro atoms. The second-order valence-corrected chi connectivity index (χ2v) is 7.66. The van der Waals surface area contributed by atoms with Crippen LogP contribution in [0.3, 0.4) is 0 Å². The fourth-order valence-corrected chi connectivity index (χ4v) is 4.26. The topological polar surface area (TPSA) is 65.0 Å². The van der Waals surface area contributed by atoms with Gasteiger partial charge >= 0.3 is 5.97 Å². The third-order valence-electron chi connectivity index (χ3n) is 5.91. The summed E-state index contributed by atoms with van der Waals surface area (Å²) in [6.45, 7) is 10.0. The van der Waals surface area contributed by atoms with Crippen molar-refractivity contribution in [1.82, 2.24) is 0 Å². The number of hydrogen-bond acceptors (Lipinski definition) is 5. The Morgan fingerprint density at radius 3 is 2.61 bits per heavy atom. The van der Waals surface area contributed by atoms with Crippen molar-refractivity contribution < 1.29 is 24.1 Å². The Morgan fingerprint density at radius 2 is 2.04 bits per heavy atom. The maximum atomic E-state index is 11.9. The van der Waals surface area contributed by atoms with Crippen LogP contribution in [0.25, 0.3) is 0 Å². The van der Waals surface area contributed by atoms with Gasteiger partial charge in [-0.3, -0.25) is 4.79 Å². The molecule has 0 amide bonds. The minimum atomic E-state index is -0.704. The first-order chi connectivity index (χ1) is 10.7. The molecule has 2 saturated heterocycles. The third kappa shape index (κ3) is 3.28. The molecule has 0 aliphatic carbocycles. The molecule has 0 saturated carbocycles. The maximum absolute atomic E-state index is 11.9. The maximum Gasteiger partial charge on any atom is 0.311 e. The van der Waals surface area contributed by atoms with E-state index in [1.54, 1.807) is 0 Å². The Kier molecular flexibility index (Phi) is 5.44. The average molecular weight is 328 g/mol. The molecular formula is C18H32O5. The van der Waals surface area contributed by atoms with Crippen LogP contribution < -0.4 is 0 Å². The molecule has 1 unspecified atom stereocenters. The highest BCUT2D eigenvalue weighted by Gasteiger charge is 2.57. The minimum Gasteiger partial charge on any atom is -0.469 e. The number of esters is 1. The lowest BCUT2D eigenvalue weighted by Gasteiger charge is -2.48. The van der Waals surface area contributed by atoms with Crippen LogP contribution in [-0.4, -0.2) is 41.8 Å². The summed E-state index contributed by atoms with van der Waals surface area (Å²) in [6.07, 6.45) is 2.37. The Labute approximate surface area is 139 Å².